The van der Waals surface area contributed by atoms with Crippen LogP contribution in [0.5, 0.6) is 0 Å². The predicted octanol–water partition coefficient (Wildman–Crippen LogP) is 5.36. The third kappa shape index (κ3) is 4.21. The minimum atomic E-state index is -0.321. The van der Waals surface area contributed by atoms with Crippen LogP contribution in [-0.2, 0) is 6.42 Å². The van der Waals surface area contributed by atoms with Crippen LogP contribution in [0.4, 0.5) is 17.2 Å². The summed E-state index contributed by atoms with van der Waals surface area (Å²) >= 11 is 0. The molecule has 38 heavy (non-hydrogen) atoms. The fourth-order valence-electron chi connectivity index (χ4n) is 4.87. The topological polar surface area (TPSA) is 106 Å². The number of carbonyl (C=O) groups is 1. The Morgan fingerprint density at radius 1 is 1.05 bits per heavy atom. The molecule has 0 saturated carbocycles. The fourth-order valence-corrected chi connectivity index (χ4v) is 4.87. The van der Waals surface area contributed by atoms with Crippen molar-refractivity contribution in [2.75, 3.05) is 16.8 Å². The van der Waals surface area contributed by atoms with E-state index in [2.05, 4.69) is 15.5 Å². The van der Waals surface area contributed by atoms with Gasteiger partial charge in [-0.05, 0) is 62.6 Å². The summed E-state index contributed by atoms with van der Waals surface area (Å²) in [7, 11) is 0. The van der Waals surface area contributed by atoms with E-state index in [1.54, 1.807) is 29.4 Å². The molecule has 0 fully saturated rings. The summed E-state index contributed by atoms with van der Waals surface area (Å²) in [6, 6.07) is 20.1. The van der Waals surface area contributed by atoms with Crippen molar-refractivity contribution in [3.05, 3.63) is 94.6 Å². The molecule has 9 heteroatoms. The van der Waals surface area contributed by atoms with Crippen molar-refractivity contribution in [3.8, 4) is 11.5 Å². The van der Waals surface area contributed by atoms with Gasteiger partial charge in [-0.15, -0.1) is 10.2 Å². The number of para-hydroxylation sites is 1. The minimum absolute atomic E-state index is 0.0181. The fraction of sp³-hybridized carbons (Fsp3) is 0.207. The first-order valence-electron chi connectivity index (χ1n) is 12.6. The van der Waals surface area contributed by atoms with Gasteiger partial charge in [0.2, 0.25) is 0 Å². The lowest BCUT2D eigenvalue weighted by Gasteiger charge is -2.29. The van der Waals surface area contributed by atoms with Crippen LogP contribution >= 0.6 is 0 Å². The first-order valence-corrected chi connectivity index (χ1v) is 12.6. The van der Waals surface area contributed by atoms with Crippen molar-refractivity contribution in [1.29, 1.82) is 0 Å². The van der Waals surface area contributed by atoms with Gasteiger partial charge in [0.05, 0.1) is 11.1 Å². The first kappa shape index (κ1) is 23.6. The molecule has 5 aromatic rings. The first-order chi connectivity index (χ1) is 18.5. The summed E-state index contributed by atoms with van der Waals surface area (Å²) in [6.45, 7) is 4.67. The van der Waals surface area contributed by atoms with Crippen LogP contribution in [-0.4, -0.2) is 32.2 Å². The van der Waals surface area contributed by atoms with E-state index in [1.807, 2.05) is 60.9 Å². The zero-order valence-corrected chi connectivity index (χ0v) is 21.1. The zero-order chi connectivity index (χ0) is 26.2. The van der Waals surface area contributed by atoms with Crippen molar-refractivity contribution in [1.82, 2.24) is 19.7 Å². The maximum Gasteiger partial charge on any atom is 0.294 e. The van der Waals surface area contributed by atoms with Crippen molar-refractivity contribution in [2.45, 2.75) is 32.7 Å². The molecule has 0 atom stereocenters. The smallest absolute Gasteiger partial charge is 0.294 e. The van der Waals surface area contributed by atoms with Crippen LogP contribution in [0.25, 0.3) is 22.5 Å². The lowest BCUT2D eigenvalue weighted by molar-refractivity contribution is 0.0959. The molecule has 0 radical (unpaired) electrons. The molecule has 0 unspecified atom stereocenters. The van der Waals surface area contributed by atoms with E-state index in [-0.39, 0.29) is 23.1 Å². The third-order valence-electron chi connectivity index (χ3n) is 6.69. The Hall–Kier alpha value is -4.79. The Balaban J connectivity index is 1.34. The predicted molar refractivity (Wildman–Crippen MR) is 146 cm³/mol. The van der Waals surface area contributed by atoms with Crippen molar-refractivity contribution in [3.63, 3.8) is 0 Å². The van der Waals surface area contributed by atoms with E-state index in [0.29, 0.717) is 40.5 Å². The molecule has 2 aromatic carbocycles. The number of aromatic nitrogens is 4. The number of nitrogens with one attached hydrogen (secondary N) is 1. The largest absolute Gasteiger partial charge is 0.451 e. The zero-order valence-electron chi connectivity index (χ0n) is 21.1. The summed E-state index contributed by atoms with van der Waals surface area (Å²) in [6.07, 6.45) is 3.45. The molecule has 1 aliphatic heterocycles. The van der Waals surface area contributed by atoms with Crippen LogP contribution < -0.4 is 15.6 Å². The van der Waals surface area contributed by atoms with Gasteiger partial charge in [0, 0.05) is 24.3 Å². The summed E-state index contributed by atoms with van der Waals surface area (Å²) in [5.74, 6) is 0.893. The normalized spacial score (nSPS) is 13.1. The van der Waals surface area contributed by atoms with Gasteiger partial charge in [0.15, 0.2) is 17.0 Å². The van der Waals surface area contributed by atoms with Crippen LogP contribution in [0.15, 0.2) is 82.3 Å². The maximum absolute atomic E-state index is 13.4. The molecule has 4 heterocycles. The number of pyridine rings is 1. The summed E-state index contributed by atoms with van der Waals surface area (Å²) < 4.78 is 7.94. The Labute approximate surface area is 218 Å². The van der Waals surface area contributed by atoms with Gasteiger partial charge in [-0.2, -0.15) is 0 Å². The summed E-state index contributed by atoms with van der Waals surface area (Å²) in [5, 5.41) is 11.8. The Morgan fingerprint density at radius 2 is 1.89 bits per heavy atom. The Morgan fingerprint density at radius 3 is 2.76 bits per heavy atom. The molecule has 0 aliphatic carbocycles. The molecule has 1 amide bonds. The summed E-state index contributed by atoms with van der Waals surface area (Å²) in [5.41, 5.74) is 3.19. The van der Waals surface area contributed by atoms with E-state index in [4.69, 9.17) is 9.40 Å². The second-order valence-electron chi connectivity index (χ2n) is 9.53. The molecule has 6 rings (SSSR count). The van der Waals surface area contributed by atoms with Crippen molar-refractivity contribution >= 4 is 34.1 Å². The van der Waals surface area contributed by atoms with Crippen molar-refractivity contribution in [2.24, 2.45) is 0 Å². The number of fused-ring (bicyclic) bond motifs is 2. The van der Waals surface area contributed by atoms with Crippen LogP contribution in [0.3, 0.4) is 0 Å². The molecule has 3 aromatic heterocycles. The number of hydrogen-bond acceptors (Lipinski definition) is 7. The molecule has 190 valence electrons. The number of rotatable bonds is 5. The van der Waals surface area contributed by atoms with Gasteiger partial charge < -0.3 is 19.2 Å². The van der Waals surface area contributed by atoms with E-state index in [1.165, 1.54) is 6.07 Å². The van der Waals surface area contributed by atoms with Crippen molar-refractivity contribution < 1.29 is 9.21 Å². The molecule has 0 saturated heterocycles. The second-order valence-corrected chi connectivity index (χ2v) is 9.53. The second kappa shape index (κ2) is 9.59. The highest BCUT2D eigenvalue weighted by Gasteiger charge is 2.26. The van der Waals surface area contributed by atoms with Gasteiger partial charge in [-0.3, -0.25) is 9.59 Å². The number of anilines is 3. The van der Waals surface area contributed by atoms with Gasteiger partial charge in [0.1, 0.15) is 23.4 Å². The SMILES string of the molecule is CC(C)n1cnnc1-c1cccc(Nc2cccc3oc(C(=O)N4CCCc5ccccc54)cc(=O)c23)n1. The van der Waals surface area contributed by atoms with E-state index in [0.717, 1.165) is 24.1 Å². The molecule has 1 N–H and O–H groups in total. The van der Waals surface area contributed by atoms with E-state index >= 15 is 0 Å². The Kier molecular flexibility index (Phi) is 5.95. The van der Waals surface area contributed by atoms with E-state index < -0.39 is 0 Å². The minimum Gasteiger partial charge on any atom is -0.451 e. The monoisotopic (exact) mass is 506 g/mol. The lowest BCUT2D eigenvalue weighted by Crippen LogP contribution is -2.35. The highest BCUT2D eigenvalue weighted by Crippen LogP contribution is 2.30. The molecule has 0 bridgehead atoms. The maximum atomic E-state index is 13.4. The van der Waals surface area contributed by atoms with Gasteiger partial charge in [-0.1, -0.05) is 30.3 Å². The number of amides is 1. The lowest BCUT2D eigenvalue weighted by atomic mass is 10.0. The highest BCUT2D eigenvalue weighted by atomic mass is 16.3. The number of nitrogens with zero attached hydrogens (tertiary/aromatic N) is 5. The average molecular weight is 507 g/mol. The number of aryl methyl sites for hydroxylation is 1. The number of carbonyl (C=O) groups excluding carboxylic acids is 1. The molecule has 0 spiro atoms. The molecular formula is C29H26N6O3. The van der Waals surface area contributed by atoms with Gasteiger partial charge in [0.25, 0.3) is 5.91 Å². The number of benzene rings is 2. The van der Waals surface area contributed by atoms with E-state index in [9.17, 15) is 9.59 Å². The molecule has 1 aliphatic rings. The number of hydrogen-bond donors (Lipinski definition) is 1. The van der Waals surface area contributed by atoms with Gasteiger partial charge >= 0.3 is 0 Å². The average Bonchev–Trinajstić information content (AvgIpc) is 3.43. The highest BCUT2D eigenvalue weighted by molar-refractivity contribution is 6.06. The quantitative estimate of drug-likeness (QED) is 0.342. The van der Waals surface area contributed by atoms with Crippen LogP contribution in [0, 0.1) is 0 Å². The van der Waals surface area contributed by atoms with Crippen LogP contribution in [0.2, 0.25) is 0 Å². The summed E-state index contributed by atoms with van der Waals surface area (Å²) in [4.78, 5) is 33.1. The Bertz CT molecular complexity index is 1720. The van der Waals surface area contributed by atoms with Crippen LogP contribution in [0.1, 0.15) is 42.4 Å². The third-order valence-corrected chi connectivity index (χ3v) is 6.69. The van der Waals surface area contributed by atoms with Gasteiger partial charge in [-0.25, -0.2) is 4.98 Å². The standard InChI is InChI=1S/C29H26N6O3/c1-18(2)35-17-30-33-28(35)21-11-6-14-26(32-21)31-20-10-5-13-24-27(20)23(36)16-25(38-24)29(37)34-15-7-9-19-8-3-4-12-22(19)34/h3-6,8,10-14,16-18H,7,9,15H2,1-2H3,(H,31,32). The molecular weight excluding hydrogens is 480 g/mol. The molecule has 9 nitrogen and oxygen atoms in total.